The molecule has 0 saturated carbocycles. The number of nitrogens with one attached hydrogen (secondary N) is 2. The van der Waals surface area contributed by atoms with E-state index in [0.717, 1.165) is 16.8 Å². The van der Waals surface area contributed by atoms with Gasteiger partial charge in [-0.2, -0.15) is 0 Å². The molecule has 0 aliphatic heterocycles. The lowest BCUT2D eigenvalue weighted by Crippen LogP contribution is -1.97. The highest BCUT2D eigenvalue weighted by Gasteiger charge is 2.06. The zero-order valence-electron chi connectivity index (χ0n) is 10.00. The van der Waals surface area contributed by atoms with E-state index in [2.05, 4.69) is 22.2 Å². The molecule has 0 aliphatic carbocycles. The SMILES string of the molecule is C=CN/C=C(\C=C/C)c1cc(NC)cnc1Cl. The minimum absolute atomic E-state index is 0.471. The van der Waals surface area contributed by atoms with Crippen LogP contribution in [-0.4, -0.2) is 12.0 Å². The molecule has 0 spiro atoms. The van der Waals surface area contributed by atoms with Gasteiger partial charge in [0.1, 0.15) is 5.15 Å². The van der Waals surface area contributed by atoms with Crippen molar-refractivity contribution in [3.8, 4) is 0 Å². The van der Waals surface area contributed by atoms with Crippen molar-refractivity contribution >= 4 is 22.9 Å². The Morgan fingerprint density at radius 2 is 2.29 bits per heavy atom. The van der Waals surface area contributed by atoms with Crippen molar-refractivity contribution in [2.75, 3.05) is 12.4 Å². The minimum atomic E-state index is 0.471. The molecule has 0 aliphatic rings. The first-order valence-corrected chi connectivity index (χ1v) is 5.64. The van der Waals surface area contributed by atoms with Crippen LogP contribution in [0.5, 0.6) is 0 Å². The van der Waals surface area contributed by atoms with Gasteiger partial charge in [-0.1, -0.05) is 30.3 Å². The summed E-state index contributed by atoms with van der Waals surface area (Å²) in [5.74, 6) is 0. The lowest BCUT2D eigenvalue weighted by molar-refractivity contribution is 1.20. The van der Waals surface area contributed by atoms with Crippen molar-refractivity contribution in [2.24, 2.45) is 0 Å². The first-order chi connectivity index (χ1) is 8.22. The molecule has 0 aromatic carbocycles. The Labute approximate surface area is 107 Å². The van der Waals surface area contributed by atoms with Gasteiger partial charge in [0.15, 0.2) is 0 Å². The highest BCUT2D eigenvalue weighted by atomic mass is 35.5. The summed E-state index contributed by atoms with van der Waals surface area (Å²) in [6.45, 7) is 5.55. The molecule has 0 bridgehead atoms. The van der Waals surface area contributed by atoms with Crippen LogP contribution in [-0.2, 0) is 0 Å². The maximum Gasteiger partial charge on any atom is 0.137 e. The zero-order valence-corrected chi connectivity index (χ0v) is 10.8. The van der Waals surface area contributed by atoms with Gasteiger partial charge < -0.3 is 10.6 Å². The second-order valence-electron chi connectivity index (χ2n) is 3.28. The Balaban J connectivity index is 3.21. The van der Waals surface area contributed by atoms with Crippen LogP contribution in [0.3, 0.4) is 0 Å². The summed E-state index contributed by atoms with van der Waals surface area (Å²) in [6, 6.07) is 1.95. The molecule has 0 amide bonds. The Bertz CT molecular complexity index is 450. The van der Waals surface area contributed by atoms with Crippen LogP contribution in [0.1, 0.15) is 12.5 Å². The minimum Gasteiger partial charge on any atom is -0.387 e. The highest BCUT2D eigenvalue weighted by molar-refractivity contribution is 6.31. The van der Waals surface area contributed by atoms with E-state index in [1.165, 1.54) is 0 Å². The summed E-state index contributed by atoms with van der Waals surface area (Å²) < 4.78 is 0. The predicted molar refractivity (Wildman–Crippen MR) is 74.9 cm³/mol. The van der Waals surface area contributed by atoms with Gasteiger partial charge in [-0.05, 0) is 19.2 Å². The van der Waals surface area contributed by atoms with E-state index in [0.29, 0.717) is 5.15 Å². The van der Waals surface area contributed by atoms with Gasteiger partial charge in [-0.25, -0.2) is 4.98 Å². The Kier molecular flexibility index (Phi) is 5.30. The quantitative estimate of drug-likeness (QED) is 0.620. The summed E-state index contributed by atoms with van der Waals surface area (Å²) in [7, 11) is 1.84. The van der Waals surface area contributed by atoms with Crippen molar-refractivity contribution in [3.63, 3.8) is 0 Å². The van der Waals surface area contributed by atoms with E-state index in [1.807, 2.05) is 38.4 Å². The van der Waals surface area contributed by atoms with Gasteiger partial charge in [0, 0.05) is 24.4 Å². The normalized spacial score (nSPS) is 11.6. The topological polar surface area (TPSA) is 37.0 Å². The van der Waals surface area contributed by atoms with Crippen LogP contribution < -0.4 is 10.6 Å². The molecule has 1 aromatic rings. The molecular weight excluding hydrogens is 234 g/mol. The van der Waals surface area contributed by atoms with Crippen LogP contribution >= 0.6 is 11.6 Å². The number of rotatable bonds is 5. The summed E-state index contributed by atoms with van der Waals surface area (Å²) in [6.07, 6.45) is 9.03. The van der Waals surface area contributed by atoms with E-state index in [4.69, 9.17) is 11.6 Å². The number of pyridine rings is 1. The van der Waals surface area contributed by atoms with Gasteiger partial charge in [0.2, 0.25) is 0 Å². The number of hydrogen-bond acceptors (Lipinski definition) is 3. The smallest absolute Gasteiger partial charge is 0.137 e. The molecular formula is C13H16ClN3. The lowest BCUT2D eigenvalue weighted by Gasteiger charge is -2.08. The van der Waals surface area contributed by atoms with Crippen molar-refractivity contribution in [3.05, 3.63) is 54.1 Å². The van der Waals surface area contributed by atoms with Gasteiger partial charge in [0.05, 0.1) is 11.9 Å². The van der Waals surface area contributed by atoms with Crippen LogP contribution in [0.2, 0.25) is 5.15 Å². The van der Waals surface area contributed by atoms with Crippen molar-refractivity contribution in [1.82, 2.24) is 10.3 Å². The molecule has 1 rings (SSSR count). The molecule has 1 aromatic heterocycles. The molecule has 1 heterocycles. The second kappa shape index (κ2) is 6.76. The predicted octanol–water partition coefficient (Wildman–Crippen LogP) is 3.43. The Morgan fingerprint density at radius 1 is 1.53 bits per heavy atom. The van der Waals surface area contributed by atoms with Crippen LogP contribution in [0.4, 0.5) is 5.69 Å². The second-order valence-corrected chi connectivity index (χ2v) is 3.64. The van der Waals surface area contributed by atoms with E-state index < -0.39 is 0 Å². The molecule has 0 radical (unpaired) electrons. The van der Waals surface area contributed by atoms with Gasteiger partial charge in [0.25, 0.3) is 0 Å². The average molecular weight is 250 g/mol. The Hall–Kier alpha value is -1.74. The van der Waals surface area contributed by atoms with Crippen molar-refractivity contribution < 1.29 is 0 Å². The van der Waals surface area contributed by atoms with Gasteiger partial charge in [-0.3, -0.25) is 0 Å². The third kappa shape index (κ3) is 3.64. The fraction of sp³-hybridized carbons (Fsp3) is 0.154. The molecule has 17 heavy (non-hydrogen) atoms. The monoisotopic (exact) mass is 249 g/mol. The van der Waals surface area contributed by atoms with Crippen molar-refractivity contribution in [1.29, 1.82) is 0 Å². The number of halogens is 1. The molecule has 4 heteroatoms. The van der Waals surface area contributed by atoms with E-state index in [9.17, 15) is 0 Å². The third-order valence-corrected chi connectivity index (χ3v) is 2.44. The van der Waals surface area contributed by atoms with Gasteiger partial charge in [-0.15, -0.1) is 0 Å². The maximum atomic E-state index is 6.10. The lowest BCUT2D eigenvalue weighted by atomic mass is 10.1. The molecule has 90 valence electrons. The fourth-order valence-electron chi connectivity index (χ4n) is 1.33. The highest BCUT2D eigenvalue weighted by Crippen LogP contribution is 2.25. The Morgan fingerprint density at radius 3 is 2.88 bits per heavy atom. The molecule has 0 unspecified atom stereocenters. The van der Waals surface area contributed by atoms with E-state index >= 15 is 0 Å². The van der Waals surface area contributed by atoms with Crippen LogP contribution in [0.25, 0.3) is 5.57 Å². The molecule has 0 atom stereocenters. The fourth-order valence-corrected chi connectivity index (χ4v) is 1.54. The summed E-state index contributed by atoms with van der Waals surface area (Å²) in [4.78, 5) is 4.14. The van der Waals surface area contributed by atoms with Crippen molar-refractivity contribution in [2.45, 2.75) is 6.92 Å². The number of aromatic nitrogens is 1. The van der Waals surface area contributed by atoms with Crippen LogP contribution in [0.15, 0.2) is 43.4 Å². The number of anilines is 1. The standard InChI is InChI=1S/C13H16ClN3/c1-4-6-10(8-16-5-2)12-7-11(15-3)9-17-13(12)14/h4-9,15-16H,2H2,1,3H3/b6-4-,10-8+. The van der Waals surface area contributed by atoms with E-state index in [-0.39, 0.29) is 0 Å². The zero-order chi connectivity index (χ0) is 12.7. The maximum absolute atomic E-state index is 6.10. The number of nitrogens with zero attached hydrogens (tertiary/aromatic N) is 1. The molecule has 3 nitrogen and oxygen atoms in total. The molecule has 0 saturated heterocycles. The summed E-state index contributed by atoms with van der Waals surface area (Å²) in [5, 5.41) is 6.45. The average Bonchev–Trinajstić information content (AvgIpc) is 2.35. The number of allylic oxidation sites excluding steroid dienone is 3. The largest absolute Gasteiger partial charge is 0.387 e. The summed E-state index contributed by atoms with van der Waals surface area (Å²) >= 11 is 6.10. The third-order valence-electron chi connectivity index (χ3n) is 2.14. The molecule has 0 fully saturated rings. The summed E-state index contributed by atoms with van der Waals surface area (Å²) in [5.41, 5.74) is 2.73. The van der Waals surface area contributed by atoms with Crippen LogP contribution in [0, 0.1) is 0 Å². The first kappa shape index (κ1) is 13.3. The first-order valence-electron chi connectivity index (χ1n) is 5.26. The molecule has 2 N–H and O–H groups in total. The van der Waals surface area contributed by atoms with Gasteiger partial charge >= 0.3 is 0 Å². The van der Waals surface area contributed by atoms with E-state index in [1.54, 1.807) is 12.4 Å². The number of hydrogen-bond donors (Lipinski definition) is 2.